The fourth-order valence-electron chi connectivity index (χ4n) is 2.80. The molecule has 0 N–H and O–H groups in total. The first-order chi connectivity index (χ1) is 12.2. The lowest BCUT2D eigenvalue weighted by atomic mass is 10.1. The topological polar surface area (TPSA) is 55.1 Å². The van der Waals surface area contributed by atoms with E-state index in [0.29, 0.717) is 23.3 Å². The van der Waals surface area contributed by atoms with Crippen molar-refractivity contribution in [3.8, 4) is 11.3 Å². The number of hydrogen-bond acceptors (Lipinski definition) is 5. The number of anilines is 1. The van der Waals surface area contributed by atoms with E-state index >= 15 is 0 Å². The van der Waals surface area contributed by atoms with E-state index < -0.39 is 0 Å². The van der Waals surface area contributed by atoms with Gasteiger partial charge in [0.15, 0.2) is 0 Å². The Hall–Kier alpha value is -3.28. The van der Waals surface area contributed by atoms with E-state index in [4.69, 9.17) is 4.52 Å². The van der Waals surface area contributed by atoms with Crippen LogP contribution in [0.1, 0.15) is 5.56 Å². The van der Waals surface area contributed by atoms with E-state index in [-0.39, 0.29) is 5.82 Å². The minimum Gasteiger partial charge on any atom is -0.355 e. The summed E-state index contributed by atoms with van der Waals surface area (Å²) >= 11 is 0. The van der Waals surface area contributed by atoms with Gasteiger partial charge in [-0.25, -0.2) is 9.37 Å². The minimum atomic E-state index is -0.297. The van der Waals surface area contributed by atoms with Gasteiger partial charge in [-0.05, 0) is 29.8 Å². The number of hydrogen-bond donors (Lipinski definition) is 0. The SMILES string of the molecule is CN(Cc1ccccc1)c1ncnc2onc(-c3ccc(F)cc3)c12. The molecule has 0 saturated carbocycles. The molecule has 0 radical (unpaired) electrons. The van der Waals surface area contributed by atoms with Crippen LogP contribution in [0.25, 0.3) is 22.4 Å². The van der Waals surface area contributed by atoms with Crippen molar-refractivity contribution in [3.63, 3.8) is 0 Å². The van der Waals surface area contributed by atoms with Crippen molar-refractivity contribution in [1.29, 1.82) is 0 Å². The zero-order valence-electron chi connectivity index (χ0n) is 13.6. The molecule has 0 unspecified atom stereocenters. The van der Waals surface area contributed by atoms with Gasteiger partial charge in [0.05, 0.1) is 0 Å². The molecular weight excluding hydrogens is 319 g/mol. The van der Waals surface area contributed by atoms with Crippen LogP contribution in [0.15, 0.2) is 65.4 Å². The third-order valence-corrected chi connectivity index (χ3v) is 3.99. The van der Waals surface area contributed by atoms with Gasteiger partial charge in [-0.1, -0.05) is 35.5 Å². The maximum atomic E-state index is 13.2. The van der Waals surface area contributed by atoms with E-state index in [2.05, 4.69) is 27.3 Å². The van der Waals surface area contributed by atoms with E-state index in [1.165, 1.54) is 18.5 Å². The monoisotopic (exact) mass is 334 g/mol. The second kappa shape index (κ2) is 6.32. The predicted molar refractivity (Wildman–Crippen MR) is 93.5 cm³/mol. The third kappa shape index (κ3) is 2.94. The normalized spacial score (nSPS) is 11.0. The minimum absolute atomic E-state index is 0.297. The van der Waals surface area contributed by atoms with Crippen LogP contribution in [0.2, 0.25) is 0 Å². The molecule has 0 aliphatic rings. The Kier molecular flexibility index (Phi) is 3.85. The highest BCUT2D eigenvalue weighted by Gasteiger charge is 2.19. The summed E-state index contributed by atoms with van der Waals surface area (Å²) in [6.07, 6.45) is 1.46. The van der Waals surface area contributed by atoms with Gasteiger partial charge in [-0.2, -0.15) is 4.98 Å². The smallest absolute Gasteiger partial charge is 0.263 e. The summed E-state index contributed by atoms with van der Waals surface area (Å²) in [4.78, 5) is 10.6. The van der Waals surface area contributed by atoms with Gasteiger partial charge in [-0.3, -0.25) is 0 Å². The Balaban J connectivity index is 1.78. The number of halogens is 1. The molecule has 4 aromatic rings. The molecule has 4 rings (SSSR count). The highest BCUT2D eigenvalue weighted by molar-refractivity contribution is 5.97. The lowest BCUT2D eigenvalue weighted by Gasteiger charge is -2.18. The average molecular weight is 334 g/mol. The van der Waals surface area contributed by atoms with Gasteiger partial charge in [0.1, 0.15) is 29.0 Å². The van der Waals surface area contributed by atoms with Gasteiger partial charge in [0.2, 0.25) is 0 Å². The maximum Gasteiger partial charge on any atom is 0.263 e. The molecule has 2 heterocycles. The fourth-order valence-corrected chi connectivity index (χ4v) is 2.80. The molecule has 0 bridgehead atoms. The molecule has 2 aromatic heterocycles. The largest absolute Gasteiger partial charge is 0.355 e. The lowest BCUT2D eigenvalue weighted by molar-refractivity contribution is 0.451. The van der Waals surface area contributed by atoms with Gasteiger partial charge in [-0.15, -0.1) is 0 Å². The molecule has 25 heavy (non-hydrogen) atoms. The van der Waals surface area contributed by atoms with E-state index in [1.807, 2.05) is 30.1 Å². The summed E-state index contributed by atoms with van der Waals surface area (Å²) in [7, 11) is 1.95. The van der Waals surface area contributed by atoms with E-state index in [1.54, 1.807) is 12.1 Å². The summed E-state index contributed by atoms with van der Waals surface area (Å²) in [6, 6.07) is 16.2. The number of nitrogens with zero attached hydrogens (tertiary/aromatic N) is 4. The molecule has 6 heteroatoms. The highest BCUT2D eigenvalue weighted by Crippen LogP contribution is 2.33. The van der Waals surface area contributed by atoms with Crippen molar-refractivity contribution >= 4 is 16.9 Å². The molecule has 0 amide bonds. The van der Waals surface area contributed by atoms with E-state index in [0.717, 1.165) is 16.9 Å². The average Bonchev–Trinajstić information content (AvgIpc) is 3.07. The Morgan fingerprint density at radius 2 is 1.76 bits per heavy atom. The molecule has 2 aromatic carbocycles. The highest BCUT2D eigenvalue weighted by atomic mass is 19.1. The summed E-state index contributed by atoms with van der Waals surface area (Å²) < 4.78 is 18.6. The zero-order chi connectivity index (χ0) is 17.2. The molecule has 0 spiro atoms. The summed E-state index contributed by atoms with van der Waals surface area (Å²) in [5.74, 6) is 0.420. The molecule has 124 valence electrons. The summed E-state index contributed by atoms with van der Waals surface area (Å²) in [5.41, 5.74) is 2.93. The fraction of sp³-hybridized carbons (Fsp3) is 0.105. The second-order valence-corrected chi connectivity index (χ2v) is 5.76. The molecular formula is C19H15FN4O. The van der Waals surface area contributed by atoms with E-state index in [9.17, 15) is 4.39 Å². The summed E-state index contributed by atoms with van der Waals surface area (Å²) in [5, 5.41) is 4.83. The van der Waals surface area contributed by atoms with Crippen LogP contribution < -0.4 is 4.90 Å². The van der Waals surface area contributed by atoms with Crippen LogP contribution in [0.3, 0.4) is 0 Å². The number of aromatic nitrogens is 3. The Labute approximate surface area is 143 Å². The first-order valence-electron chi connectivity index (χ1n) is 7.84. The molecule has 0 saturated heterocycles. The molecule has 0 aliphatic heterocycles. The molecule has 0 aliphatic carbocycles. The van der Waals surface area contributed by atoms with Gasteiger partial charge in [0.25, 0.3) is 5.71 Å². The van der Waals surface area contributed by atoms with Gasteiger partial charge >= 0.3 is 0 Å². The molecule has 0 fully saturated rings. The van der Waals surface area contributed by atoms with Crippen LogP contribution in [0.5, 0.6) is 0 Å². The van der Waals surface area contributed by atoms with Crippen molar-refractivity contribution in [1.82, 2.24) is 15.1 Å². The van der Waals surface area contributed by atoms with Gasteiger partial charge in [0, 0.05) is 19.2 Å². The van der Waals surface area contributed by atoms with Crippen LogP contribution in [0.4, 0.5) is 10.2 Å². The van der Waals surface area contributed by atoms with Crippen molar-refractivity contribution < 1.29 is 8.91 Å². The van der Waals surface area contributed by atoms with Crippen molar-refractivity contribution in [3.05, 3.63) is 72.3 Å². The van der Waals surface area contributed by atoms with Crippen LogP contribution in [-0.2, 0) is 6.54 Å². The third-order valence-electron chi connectivity index (χ3n) is 3.99. The lowest BCUT2D eigenvalue weighted by Crippen LogP contribution is -2.18. The Morgan fingerprint density at radius 1 is 1.00 bits per heavy atom. The van der Waals surface area contributed by atoms with Crippen LogP contribution >= 0.6 is 0 Å². The zero-order valence-corrected chi connectivity index (χ0v) is 13.6. The van der Waals surface area contributed by atoms with Gasteiger partial charge < -0.3 is 9.42 Å². The number of rotatable bonds is 4. The first-order valence-corrected chi connectivity index (χ1v) is 7.84. The maximum absolute atomic E-state index is 13.2. The Bertz CT molecular complexity index is 999. The van der Waals surface area contributed by atoms with Crippen LogP contribution in [0, 0.1) is 5.82 Å². The number of fused-ring (bicyclic) bond motifs is 1. The number of benzene rings is 2. The summed E-state index contributed by atoms with van der Waals surface area (Å²) in [6.45, 7) is 0.682. The predicted octanol–water partition coefficient (Wildman–Crippen LogP) is 4.06. The standard InChI is InChI=1S/C19H15FN4O/c1-24(11-13-5-3-2-4-6-13)18-16-17(14-7-9-15(20)10-8-14)23-25-19(16)22-12-21-18/h2-10,12H,11H2,1H3. The quantitative estimate of drug-likeness (QED) is 0.563. The van der Waals surface area contributed by atoms with Crippen molar-refractivity contribution in [2.45, 2.75) is 6.54 Å². The van der Waals surface area contributed by atoms with Crippen LogP contribution in [-0.4, -0.2) is 22.2 Å². The molecule has 0 atom stereocenters. The molecule has 5 nitrogen and oxygen atoms in total. The first kappa shape index (κ1) is 15.3. The Morgan fingerprint density at radius 3 is 2.52 bits per heavy atom. The second-order valence-electron chi connectivity index (χ2n) is 5.76. The van der Waals surface area contributed by atoms with Crippen molar-refractivity contribution in [2.24, 2.45) is 0 Å². The van der Waals surface area contributed by atoms with Crippen molar-refractivity contribution in [2.75, 3.05) is 11.9 Å².